The summed E-state index contributed by atoms with van der Waals surface area (Å²) >= 11 is 0. The predicted molar refractivity (Wildman–Crippen MR) is 32.0 cm³/mol. The highest BCUT2D eigenvalue weighted by Crippen LogP contribution is 1.82. The smallest absolute Gasteiger partial charge is 0.178 e. The van der Waals surface area contributed by atoms with Crippen LogP contribution in [0.1, 0.15) is 13.8 Å². The summed E-state index contributed by atoms with van der Waals surface area (Å²) in [7, 11) is 5.04. The number of hydrogen-bond donors (Lipinski definition) is 2. The number of nitrogens with two attached hydrogens (primary N) is 1. The lowest BCUT2D eigenvalue weighted by atomic mass is 10.1. The molecule has 2 unspecified atom stereocenters. The van der Waals surface area contributed by atoms with Crippen LogP contribution in [-0.2, 0) is 0 Å². The van der Waals surface area contributed by atoms with Crippen molar-refractivity contribution in [3.05, 3.63) is 0 Å². The van der Waals surface area contributed by atoms with Crippen LogP contribution in [0.3, 0.4) is 0 Å². The van der Waals surface area contributed by atoms with E-state index in [4.69, 9.17) is 13.7 Å². The van der Waals surface area contributed by atoms with Gasteiger partial charge < -0.3 is 11.0 Å². The molecule has 0 aromatic heterocycles. The zero-order valence-corrected chi connectivity index (χ0v) is 4.81. The van der Waals surface area contributed by atoms with Gasteiger partial charge in [0.2, 0.25) is 0 Å². The molecule has 0 aromatic rings. The maximum Gasteiger partial charge on any atom is 0.178 e. The van der Waals surface area contributed by atoms with Crippen molar-refractivity contribution in [2.45, 2.75) is 25.9 Å². The van der Waals surface area contributed by atoms with E-state index in [0.717, 1.165) is 0 Å². The highest BCUT2D eigenvalue weighted by Gasteiger charge is 2.00. The summed E-state index contributed by atoms with van der Waals surface area (Å²) in [5.74, 6) is 0. The lowest BCUT2D eigenvalue weighted by Gasteiger charge is -2.13. The molecule has 2 nitrogen and oxygen atoms in total. The van der Waals surface area contributed by atoms with Gasteiger partial charge in [0.25, 0.3) is 0 Å². The molecule has 40 valence electrons. The van der Waals surface area contributed by atoms with Gasteiger partial charge in [-0.15, -0.1) is 0 Å². The first-order valence-corrected chi connectivity index (χ1v) is 2.40. The summed E-state index contributed by atoms with van der Waals surface area (Å²) in [6.07, 6.45) is 0. The van der Waals surface area contributed by atoms with Gasteiger partial charge in [-0.3, -0.25) is 0 Å². The number of nitrogens with one attached hydrogen (secondary N) is 1. The van der Waals surface area contributed by atoms with Crippen LogP contribution in [0.5, 0.6) is 0 Å². The molecule has 3 N–H and O–H groups in total. The van der Waals surface area contributed by atoms with E-state index < -0.39 is 0 Å². The summed E-state index contributed by atoms with van der Waals surface area (Å²) in [5.41, 5.74) is 5.40. The summed E-state index contributed by atoms with van der Waals surface area (Å²) in [6, 6.07) is 0.338. The quantitative estimate of drug-likeness (QED) is 0.452. The predicted octanol–water partition coefficient (Wildman–Crippen LogP) is -0.605. The lowest BCUT2D eigenvalue weighted by Crippen LogP contribution is -2.39. The Balaban J connectivity index is 3.14. The third kappa shape index (κ3) is 2.65. The molecule has 0 heterocycles. The molecule has 0 saturated carbocycles. The minimum Gasteiger partial charge on any atom is -0.363 e. The Morgan fingerprint density at radius 3 is 2.00 bits per heavy atom. The molecule has 0 spiro atoms. The maximum atomic E-state index is 5.40. The maximum absolute atomic E-state index is 5.40. The normalized spacial score (nSPS) is 18.7. The molecule has 0 saturated heterocycles. The summed E-state index contributed by atoms with van der Waals surface area (Å²) < 4.78 is 0. The SMILES string of the molecule is [B]NC(C)C(C)N. The standard InChI is InChI=1S/C4H11BN2/c1-3(6)4(2)7-5/h3-4,7H,6H2,1-2H3. The highest BCUT2D eigenvalue weighted by molar-refractivity contribution is 6.04. The molecule has 0 aliphatic rings. The molecule has 0 aromatic carbocycles. The summed E-state index contributed by atoms with van der Waals surface area (Å²) in [4.78, 5) is 0. The van der Waals surface area contributed by atoms with E-state index in [1.54, 1.807) is 0 Å². The average molecular weight is 98.0 g/mol. The van der Waals surface area contributed by atoms with Crippen molar-refractivity contribution >= 4 is 7.98 Å². The second-order valence-corrected chi connectivity index (χ2v) is 1.81. The molecular weight excluding hydrogens is 86.9 g/mol. The van der Waals surface area contributed by atoms with E-state index in [1.807, 2.05) is 13.8 Å². The van der Waals surface area contributed by atoms with Gasteiger partial charge in [-0.05, 0) is 13.8 Å². The first-order valence-electron chi connectivity index (χ1n) is 2.40. The Hall–Kier alpha value is -0.0151. The van der Waals surface area contributed by atoms with Crippen LogP contribution in [0, 0.1) is 0 Å². The molecule has 0 rings (SSSR count). The second-order valence-electron chi connectivity index (χ2n) is 1.81. The molecule has 0 bridgehead atoms. The van der Waals surface area contributed by atoms with E-state index in [2.05, 4.69) is 5.23 Å². The van der Waals surface area contributed by atoms with Crippen molar-refractivity contribution in [2.75, 3.05) is 0 Å². The Labute approximate surface area is 45.9 Å². The Kier molecular flexibility index (Phi) is 3.04. The second kappa shape index (κ2) is 3.05. The van der Waals surface area contributed by atoms with Crippen molar-refractivity contribution in [1.82, 2.24) is 5.23 Å². The molecule has 0 amide bonds. The number of rotatable bonds is 2. The van der Waals surface area contributed by atoms with Gasteiger partial charge in [0.05, 0.1) is 0 Å². The van der Waals surface area contributed by atoms with Gasteiger partial charge >= 0.3 is 0 Å². The molecule has 2 atom stereocenters. The van der Waals surface area contributed by atoms with Crippen molar-refractivity contribution in [3.8, 4) is 0 Å². The van der Waals surface area contributed by atoms with E-state index in [-0.39, 0.29) is 12.1 Å². The van der Waals surface area contributed by atoms with Crippen LogP contribution in [0.15, 0.2) is 0 Å². The van der Waals surface area contributed by atoms with Crippen LogP contribution in [0.4, 0.5) is 0 Å². The van der Waals surface area contributed by atoms with Crippen LogP contribution < -0.4 is 11.0 Å². The summed E-state index contributed by atoms with van der Waals surface area (Å²) in [6.45, 7) is 3.84. The fraction of sp³-hybridized carbons (Fsp3) is 1.00. The summed E-state index contributed by atoms with van der Waals surface area (Å²) in [5, 5.41) is 2.54. The number of hydrogen-bond acceptors (Lipinski definition) is 2. The zero-order chi connectivity index (χ0) is 5.86. The van der Waals surface area contributed by atoms with Crippen LogP contribution in [0.25, 0.3) is 0 Å². The van der Waals surface area contributed by atoms with Crippen LogP contribution in [0.2, 0.25) is 0 Å². The van der Waals surface area contributed by atoms with Gasteiger partial charge in [0.15, 0.2) is 7.98 Å². The van der Waals surface area contributed by atoms with E-state index in [0.29, 0.717) is 0 Å². The van der Waals surface area contributed by atoms with Crippen molar-refractivity contribution in [1.29, 1.82) is 0 Å². The average Bonchev–Trinajstić information content (AvgIpc) is 1.65. The molecule has 3 heteroatoms. The minimum atomic E-state index is 0.130. The molecule has 0 aliphatic carbocycles. The highest BCUT2D eigenvalue weighted by atomic mass is 14.8. The van der Waals surface area contributed by atoms with Gasteiger partial charge in [0, 0.05) is 12.1 Å². The zero-order valence-electron chi connectivity index (χ0n) is 4.81. The monoisotopic (exact) mass is 98.1 g/mol. The molecule has 0 aliphatic heterocycles. The first kappa shape index (κ1) is 6.98. The Bertz CT molecular complexity index is 47.0. The van der Waals surface area contributed by atoms with Gasteiger partial charge in [-0.1, -0.05) is 0 Å². The topological polar surface area (TPSA) is 38.0 Å². The van der Waals surface area contributed by atoms with Gasteiger partial charge in [-0.2, -0.15) is 0 Å². The van der Waals surface area contributed by atoms with Crippen molar-refractivity contribution in [2.24, 2.45) is 5.73 Å². The largest absolute Gasteiger partial charge is 0.363 e. The van der Waals surface area contributed by atoms with E-state index in [9.17, 15) is 0 Å². The minimum absolute atomic E-state index is 0.130. The van der Waals surface area contributed by atoms with Crippen molar-refractivity contribution in [3.63, 3.8) is 0 Å². The van der Waals surface area contributed by atoms with Crippen LogP contribution in [-0.4, -0.2) is 20.1 Å². The molecule has 0 fully saturated rings. The van der Waals surface area contributed by atoms with Gasteiger partial charge in [0.1, 0.15) is 0 Å². The molecular formula is C4H11BN2. The lowest BCUT2D eigenvalue weighted by molar-refractivity contribution is 0.566. The molecule has 2 radical (unpaired) electrons. The van der Waals surface area contributed by atoms with E-state index >= 15 is 0 Å². The Morgan fingerprint density at radius 1 is 1.57 bits per heavy atom. The van der Waals surface area contributed by atoms with Gasteiger partial charge in [-0.25, -0.2) is 0 Å². The first-order chi connectivity index (χ1) is 3.18. The van der Waals surface area contributed by atoms with Crippen LogP contribution >= 0.6 is 0 Å². The third-order valence-electron chi connectivity index (χ3n) is 1.05. The fourth-order valence-electron chi connectivity index (χ4n) is 0.152. The fourth-order valence-corrected chi connectivity index (χ4v) is 0.152. The Morgan fingerprint density at radius 2 is 2.00 bits per heavy atom. The molecule has 7 heavy (non-hydrogen) atoms. The third-order valence-corrected chi connectivity index (χ3v) is 1.05. The van der Waals surface area contributed by atoms with Crippen molar-refractivity contribution < 1.29 is 0 Å². The van der Waals surface area contributed by atoms with E-state index in [1.165, 1.54) is 0 Å².